The number of para-hydroxylation sites is 2. The van der Waals surface area contributed by atoms with Crippen LogP contribution in [0.1, 0.15) is 23.3 Å². The molecule has 3 heterocycles. The monoisotopic (exact) mass is 535 g/mol. The number of nitrogens with zero attached hydrogens (tertiary/aromatic N) is 3. The van der Waals surface area contributed by atoms with Crippen LogP contribution < -0.4 is 10.6 Å². The van der Waals surface area contributed by atoms with Crippen LogP contribution in [0.15, 0.2) is 76.0 Å². The van der Waals surface area contributed by atoms with E-state index in [9.17, 15) is 18.8 Å². The van der Waals surface area contributed by atoms with Crippen molar-refractivity contribution in [2.24, 2.45) is 9.98 Å². The van der Waals surface area contributed by atoms with Crippen molar-refractivity contribution in [2.75, 3.05) is 11.1 Å². The molecule has 3 amide bonds. The number of anilines is 1. The number of hydrogen-bond acceptors (Lipinski definition) is 7. The number of halogens is 1. The van der Waals surface area contributed by atoms with Gasteiger partial charge in [0.25, 0.3) is 5.91 Å². The largest absolute Gasteiger partial charge is 0.351 e. The van der Waals surface area contributed by atoms with Gasteiger partial charge >= 0.3 is 0 Å². The molecule has 2 aliphatic rings. The number of amidine groups is 2. The lowest BCUT2D eigenvalue weighted by Gasteiger charge is -2.25. The normalized spacial score (nSPS) is 16.0. The third-order valence-electron chi connectivity index (χ3n) is 5.71. The van der Waals surface area contributed by atoms with Gasteiger partial charge < -0.3 is 10.6 Å². The number of amides is 3. The molecule has 0 radical (unpaired) electrons. The van der Waals surface area contributed by atoms with Gasteiger partial charge in [-0.3, -0.25) is 19.4 Å². The summed E-state index contributed by atoms with van der Waals surface area (Å²) in [5.41, 5.74) is 1.43. The summed E-state index contributed by atoms with van der Waals surface area (Å²) in [6, 6.07) is 16.4. The van der Waals surface area contributed by atoms with Gasteiger partial charge in [0.1, 0.15) is 17.7 Å². The second kappa shape index (κ2) is 11.1. The molecule has 2 aliphatic heterocycles. The minimum Gasteiger partial charge on any atom is -0.351 e. The number of thioether (sulfide) groups is 1. The molecule has 0 unspecified atom stereocenters. The molecular weight excluding hydrogens is 513 g/mol. The Balaban J connectivity index is 1.26. The molecular formula is C26H22FN5O3S2. The first-order valence-electron chi connectivity index (χ1n) is 11.6. The summed E-state index contributed by atoms with van der Waals surface area (Å²) in [6.07, 6.45) is 0.404. The minimum atomic E-state index is -0.730. The van der Waals surface area contributed by atoms with Gasteiger partial charge in [0.05, 0.1) is 23.7 Å². The van der Waals surface area contributed by atoms with Crippen molar-refractivity contribution in [3.8, 4) is 0 Å². The van der Waals surface area contributed by atoms with Crippen molar-refractivity contribution in [3.63, 3.8) is 0 Å². The maximum absolute atomic E-state index is 13.9. The fourth-order valence-corrected chi connectivity index (χ4v) is 5.37. The van der Waals surface area contributed by atoms with E-state index < -0.39 is 17.8 Å². The molecule has 3 aromatic rings. The molecule has 0 saturated heterocycles. The fraction of sp³-hybridized carbons (Fsp3) is 0.192. The zero-order valence-electron chi connectivity index (χ0n) is 19.5. The van der Waals surface area contributed by atoms with E-state index in [2.05, 4.69) is 20.6 Å². The Hall–Kier alpha value is -3.83. The number of nitrogens with one attached hydrogen (secondary N) is 2. The van der Waals surface area contributed by atoms with Gasteiger partial charge in [0.15, 0.2) is 5.17 Å². The summed E-state index contributed by atoms with van der Waals surface area (Å²) >= 11 is 2.63. The summed E-state index contributed by atoms with van der Waals surface area (Å²) < 4.78 is 13.9. The first-order chi connectivity index (χ1) is 18.0. The number of aliphatic imine (C=N–C) groups is 2. The molecule has 11 heteroatoms. The summed E-state index contributed by atoms with van der Waals surface area (Å²) in [5.74, 6) is -1.04. The average molecular weight is 536 g/mol. The highest BCUT2D eigenvalue weighted by Crippen LogP contribution is 2.34. The second-order valence-corrected chi connectivity index (χ2v) is 10.2. The van der Waals surface area contributed by atoms with E-state index in [4.69, 9.17) is 0 Å². The molecule has 0 bridgehead atoms. The lowest BCUT2D eigenvalue weighted by atomic mass is 10.1. The van der Waals surface area contributed by atoms with Crippen LogP contribution in [0.3, 0.4) is 0 Å². The fourth-order valence-electron chi connectivity index (χ4n) is 3.92. The van der Waals surface area contributed by atoms with Crippen LogP contribution in [0.5, 0.6) is 0 Å². The van der Waals surface area contributed by atoms with Crippen molar-refractivity contribution >= 4 is 63.2 Å². The third kappa shape index (κ3) is 5.62. The first kappa shape index (κ1) is 24.8. The Morgan fingerprint density at radius 3 is 2.68 bits per heavy atom. The Labute approximate surface area is 220 Å². The lowest BCUT2D eigenvalue weighted by Crippen LogP contribution is -2.41. The summed E-state index contributed by atoms with van der Waals surface area (Å²) in [5, 5.41) is 7.67. The highest BCUT2D eigenvalue weighted by atomic mass is 32.2. The number of thiophene rings is 1. The van der Waals surface area contributed by atoms with Gasteiger partial charge in [-0.15, -0.1) is 11.3 Å². The molecule has 1 atom stereocenters. The first-order valence-corrected chi connectivity index (χ1v) is 13.4. The number of fused-ring (bicyclic) bond motifs is 3. The highest BCUT2D eigenvalue weighted by molar-refractivity contribution is 8.14. The molecule has 8 nitrogen and oxygen atoms in total. The van der Waals surface area contributed by atoms with Gasteiger partial charge in [0, 0.05) is 16.9 Å². The van der Waals surface area contributed by atoms with Crippen LogP contribution in [-0.2, 0) is 20.9 Å². The van der Waals surface area contributed by atoms with Gasteiger partial charge in [-0.25, -0.2) is 14.3 Å². The van der Waals surface area contributed by atoms with Crippen LogP contribution in [0.4, 0.5) is 15.8 Å². The maximum atomic E-state index is 13.9. The lowest BCUT2D eigenvalue weighted by molar-refractivity contribution is -0.125. The Morgan fingerprint density at radius 2 is 1.86 bits per heavy atom. The summed E-state index contributed by atoms with van der Waals surface area (Å²) in [7, 11) is 0. The van der Waals surface area contributed by atoms with Crippen molar-refractivity contribution in [1.29, 1.82) is 0 Å². The molecule has 0 fully saturated rings. The predicted molar refractivity (Wildman–Crippen MR) is 144 cm³/mol. The molecule has 0 saturated carbocycles. The zero-order chi connectivity index (χ0) is 25.8. The number of carbonyl (C=O) groups is 3. The van der Waals surface area contributed by atoms with E-state index in [-0.39, 0.29) is 36.1 Å². The average Bonchev–Trinajstić information content (AvgIpc) is 3.54. The van der Waals surface area contributed by atoms with Crippen molar-refractivity contribution < 1.29 is 18.8 Å². The standard InChI is InChI=1S/C26H22FN5O3S2/c27-18-8-2-4-10-20(18)29-23(34)15-37-26-31-19-9-3-1-7-17(19)24-30-21(25(35)32(24)26)11-12-22(33)28-14-16-6-5-13-36-16/h1-10,13,21H,11-12,14-15H2,(H,28,33)(H,29,34)/t21-/m1/s1. The molecule has 0 aliphatic carbocycles. The van der Waals surface area contributed by atoms with Gasteiger partial charge in [-0.05, 0) is 42.1 Å². The smallest absolute Gasteiger partial charge is 0.259 e. The second-order valence-electron chi connectivity index (χ2n) is 8.27. The molecule has 2 aromatic carbocycles. The molecule has 1 aromatic heterocycles. The molecule has 2 N–H and O–H groups in total. The zero-order valence-corrected chi connectivity index (χ0v) is 21.2. The van der Waals surface area contributed by atoms with Gasteiger partial charge in [-0.1, -0.05) is 42.1 Å². The maximum Gasteiger partial charge on any atom is 0.259 e. The third-order valence-corrected chi connectivity index (χ3v) is 7.53. The Kier molecular flexibility index (Phi) is 7.42. The van der Waals surface area contributed by atoms with Gasteiger partial charge in [-0.2, -0.15) is 0 Å². The Morgan fingerprint density at radius 1 is 1.05 bits per heavy atom. The van der Waals surface area contributed by atoms with Gasteiger partial charge in [0.2, 0.25) is 11.8 Å². The van der Waals surface area contributed by atoms with Crippen LogP contribution in [-0.4, -0.2) is 45.4 Å². The quantitative estimate of drug-likeness (QED) is 0.449. The van der Waals surface area contributed by atoms with E-state index in [0.29, 0.717) is 28.8 Å². The molecule has 0 spiro atoms. The van der Waals surface area contributed by atoms with Crippen LogP contribution in [0.2, 0.25) is 0 Å². The van der Waals surface area contributed by atoms with Crippen LogP contribution in [0.25, 0.3) is 0 Å². The molecule has 37 heavy (non-hydrogen) atoms. The summed E-state index contributed by atoms with van der Waals surface area (Å²) in [4.78, 5) is 49.9. The van der Waals surface area contributed by atoms with E-state index in [1.807, 2.05) is 41.8 Å². The number of benzene rings is 2. The highest BCUT2D eigenvalue weighted by Gasteiger charge is 2.41. The van der Waals surface area contributed by atoms with E-state index in [1.165, 1.54) is 23.1 Å². The summed E-state index contributed by atoms with van der Waals surface area (Å²) in [6.45, 7) is 0.450. The topological polar surface area (TPSA) is 103 Å². The Bertz CT molecular complexity index is 1410. The van der Waals surface area contributed by atoms with Crippen molar-refractivity contribution in [2.45, 2.75) is 25.4 Å². The SMILES string of the molecule is O=C(CC[C@H]1N=C2c3ccccc3N=C(SCC(=O)Nc3ccccc3F)N2C1=O)NCc1cccs1. The van der Waals surface area contributed by atoms with Crippen LogP contribution in [0, 0.1) is 5.82 Å². The van der Waals surface area contributed by atoms with Crippen molar-refractivity contribution in [1.82, 2.24) is 10.2 Å². The predicted octanol–water partition coefficient (Wildman–Crippen LogP) is 4.31. The van der Waals surface area contributed by atoms with E-state index in [1.54, 1.807) is 17.4 Å². The van der Waals surface area contributed by atoms with Crippen molar-refractivity contribution in [3.05, 3.63) is 82.3 Å². The molecule has 188 valence electrons. The van der Waals surface area contributed by atoms with E-state index >= 15 is 0 Å². The van der Waals surface area contributed by atoms with Crippen LogP contribution >= 0.6 is 23.1 Å². The minimum absolute atomic E-state index is 0.0812. The number of carbonyl (C=O) groups excluding carboxylic acids is 3. The van der Waals surface area contributed by atoms with E-state index in [0.717, 1.165) is 16.6 Å². The number of hydrogen-bond donors (Lipinski definition) is 2. The molecule has 5 rings (SSSR count). The number of rotatable bonds is 8.